The van der Waals surface area contributed by atoms with Gasteiger partial charge < -0.3 is 16.0 Å². The van der Waals surface area contributed by atoms with E-state index in [4.69, 9.17) is 11.1 Å². The molecule has 2 aliphatic carbocycles. The monoisotopic (exact) mass is 529 g/mol. The number of nitrogens with zero attached hydrogens (tertiary/aromatic N) is 2. The molecule has 0 spiro atoms. The van der Waals surface area contributed by atoms with Crippen LogP contribution in [-0.4, -0.2) is 59.3 Å². The number of fused-ring (bicyclic) bond motifs is 1. The summed E-state index contributed by atoms with van der Waals surface area (Å²) in [7, 11) is 0. The van der Waals surface area contributed by atoms with E-state index in [1.54, 1.807) is 0 Å². The van der Waals surface area contributed by atoms with Gasteiger partial charge in [-0.3, -0.25) is 15.1 Å². The summed E-state index contributed by atoms with van der Waals surface area (Å²) >= 11 is 0. The van der Waals surface area contributed by atoms with Gasteiger partial charge in [-0.05, 0) is 75.5 Å². The third-order valence-corrected chi connectivity index (χ3v) is 10.4. The molecule has 0 aromatic rings. The van der Waals surface area contributed by atoms with Gasteiger partial charge in [-0.15, -0.1) is 0 Å². The molecule has 1 amide bonds. The Hall–Kier alpha value is -1.56. The minimum absolute atomic E-state index is 0.0193. The molecule has 2 saturated carbocycles. The quantitative estimate of drug-likeness (QED) is 0.246. The molecule has 6 heteroatoms. The number of allylic oxidation sites excluding steroid dienone is 1. The van der Waals surface area contributed by atoms with Crippen molar-refractivity contribution in [1.29, 1.82) is 5.41 Å². The Morgan fingerprint density at radius 3 is 2.32 bits per heavy atom. The molecule has 2 aliphatic heterocycles. The molecule has 0 aromatic carbocycles. The second kappa shape index (κ2) is 14.7. The van der Waals surface area contributed by atoms with Crippen molar-refractivity contribution < 1.29 is 4.79 Å². The van der Waals surface area contributed by atoms with Gasteiger partial charge in [0, 0.05) is 43.3 Å². The average Bonchev–Trinajstić information content (AvgIpc) is 3.28. The average molecular weight is 530 g/mol. The number of rotatable bonds is 9. The van der Waals surface area contributed by atoms with Crippen molar-refractivity contribution in [2.45, 2.75) is 130 Å². The summed E-state index contributed by atoms with van der Waals surface area (Å²) in [6.07, 6.45) is 13.9. The molecule has 4 N–H and O–H groups in total. The van der Waals surface area contributed by atoms with Crippen LogP contribution in [0.1, 0.15) is 112 Å². The number of amides is 1. The molecule has 0 radical (unpaired) electrons. The lowest BCUT2D eigenvalue weighted by molar-refractivity contribution is -0.127. The van der Waals surface area contributed by atoms with Gasteiger partial charge >= 0.3 is 0 Å². The second-order valence-corrected chi connectivity index (χ2v) is 12.6. The fraction of sp³-hybridized carbons (Fsp3) is 0.875. The Kier molecular flexibility index (Phi) is 12.0. The van der Waals surface area contributed by atoms with Crippen LogP contribution in [0.25, 0.3) is 0 Å². The van der Waals surface area contributed by atoms with Crippen LogP contribution in [0.3, 0.4) is 0 Å². The van der Waals surface area contributed by atoms with Gasteiger partial charge in [-0.1, -0.05) is 66.4 Å². The Balaban J connectivity index is 0.00000195. The summed E-state index contributed by atoms with van der Waals surface area (Å²) in [4.78, 5) is 18.8. The largest absolute Gasteiger partial charge is 0.387 e. The van der Waals surface area contributed by atoms with Gasteiger partial charge in [0.05, 0.1) is 11.9 Å². The number of hydrogen-bond acceptors (Lipinski definition) is 4. The first-order chi connectivity index (χ1) is 18.3. The third-order valence-electron chi connectivity index (χ3n) is 10.4. The minimum atomic E-state index is -0.0193. The summed E-state index contributed by atoms with van der Waals surface area (Å²) < 4.78 is 0. The van der Waals surface area contributed by atoms with E-state index in [9.17, 15) is 4.79 Å². The number of likely N-dealkylation sites (tertiary alicyclic amines) is 2. The van der Waals surface area contributed by atoms with Crippen LogP contribution < -0.4 is 11.1 Å². The van der Waals surface area contributed by atoms with Gasteiger partial charge in [0.1, 0.15) is 0 Å². The van der Waals surface area contributed by atoms with Crippen molar-refractivity contribution in [2.75, 3.05) is 19.6 Å². The van der Waals surface area contributed by atoms with Gasteiger partial charge in [0.15, 0.2) is 0 Å². The van der Waals surface area contributed by atoms with Crippen LogP contribution in [0.15, 0.2) is 12.3 Å². The molecular formula is C32H59N5O. The van der Waals surface area contributed by atoms with Gasteiger partial charge in [0.2, 0.25) is 5.91 Å². The summed E-state index contributed by atoms with van der Waals surface area (Å²) in [5.74, 6) is 3.67. The zero-order valence-corrected chi connectivity index (χ0v) is 25.3. The van der Waals surface area contributed by atoms with E-state index < -0.39 is 0 Å². The highest BCUT2D eigenvalue weighted by atomic mass is 16.2. The minimum Gasteiger partial charge on any atom is -0.387 e. The van der Waals surface area contributed by atoms with Crippen LogP contribution in [0.5, 0.6) is 0 Å². The zero-order valence-electron chi connectivity index (χ0n) is 25.3. The van der Waals surface area contributed by atoms with Crippen LogP contribution in [0.2, 0.25) is 0 Å². The van der Waals surface area contributed by atoms with Crippen LogP contribution in [0, 0.1) is 35.0 Å². The Morgan fingerprint density at radius 1 is 1.03 bits per heavy atom. The number of hydrogen-bond donors (Lipinski definition) is 3. The van der Waals surface area contributed by atoms with Gasteiger partial charge in [0.25, 0.3) is 0 Å². The smallest absolute Gasteiger partial charge is 0.237 e. The summed E-state index contributed by atoms with van der Waals surface area (Å²) in [6, 6.07) is 0.654. The Labute approximate surface area is 234 Å². The second-order valence-electron chi connectivity index (χ2n) is 12.6. The highest BCUT2D eigenvalue weighted by Gasteiger charge is 2.49. The molecule has 6 nitrogen and oxygen atoms in total. The molecule has 7 unspecified atom stereocenters. The third kappa shape index (κ3) is 7.34. The molecular weight excluding hydrogens is 470 g/mol. The summed E-state index contributed by atoms with van der Waals surface area (Å²) in [6.45, 7) is 17.9. The van der Waals surface area contributed by atoms with Crippen molar-refractivity contribution in [3.8, 4) is 0 Å². The number of amidine groups is 1. The molecule has 0 aromatic heterocycles. The van der Waals surface area contributed by atoms with Crippen molar-refractivity contribution in [1.82, 2.24) is 15.1 Å². The van der Waals surface area contributed by atoms with E-state index in [-0.39, 0.29) is 23.9 Å². The maximum absolute atomic E-state index is 13.8. The molecule has 4 rings (SSSR count). The lowest BCUT2D eigenvalue weighted by Gasteiger charge is -2.44. The van der Waals surface area contributed by atoms with Gasteiger partial charge in [-0.2, -0.15) is 0 Å². The lowest BCUT2D eigenvalue weighted by atomic mass is 9.68. The molecule has 38 heavy (non-hydrogen) atoms. The van der Waals surface area contributed by atoms with Crippen LogP contribution in [0.4, 0.5) is 0 Å². The van der Waals surface area contributed by atoms with E-state index >= 15 is 0 Å². The normalized spacial score (nSPS) is 34.1. The molecule has 4 aliphatic rings. The van der Waals surface area contributed by atoms with Crippen LogP contribution in [-0.2, 0) is 4.79 Å². The molecule has 2 saturated heterocycles. The summed E-state index contributed by atoms with van der Waals surface area (Å²) in [5.41, 5.74) is 7.13. The number of piperidine rings is 1. The van der Waals surface area contributed by atoms with E-state index in [1.165, 1.54) is 38.5 Å². The molecule has 2 heterocycles. The number of nitrogens with two attached hydrogens (primary N) is 1. The van der Waals surface area contributed by atoms with Crippen molar-refractivity contribution in [3.63, 3.8) is 0 Å². The maximum Gasteiger partial charge on any atom is 0.237 e. The molecule has 4 fully saturated rings. The predicted octanol–water partition coefficient (Wildman–Crippen LogP) is 6.16. The lowest BCUT2D eigenvalue weighted by Crippen LogP contribution is -2.53. The maximum atomic E-state index is 13.8. The SMILES string of the molecule is C=C(C)N1CCC(NC(=O)C2CC3CCC(C(=N)N)CC3N2CC2CCCC(CC)C2CCC)CC1.CC. The first kappa shape index (κ1) is 31.0. The fourth-order valence-electron chi connectivity index (χ4n) is 8.31. The van der Waals surface area contributed by atoms with Crippen molar-refractivity contribution in [2.24, 2.45) is 35.3 Å². The van der Waals surface area contributed by atoms with Crippen molar-refractivity contribution >= 4 is 11.7 Å². The van der Waals surface area contributed by atoms with Crippen molar-refractivity contribution in [3.05, 3.63) is 12.3 Å². The zero-order chi connectivity index (χ0) is 27.8. The summed E-state index contributed by atoms with van der Waals surface area (Å²) in [5, 5.41) is 11.6. The van der Waals surface area contributed by atoms with Gasteiger partial charge in [-0.25, -0.2) is 0 Å². The Bertz CT molecular complexity index is 776. The highest BCUT2D eigenvalue weighted by molar-refractivity contribution is 5.83. The Morgan fingerprint density at radius 2 is 1.71 bits per heavy atom. The van der Waals surface area contributed by atoms with Crippen LogP contribution >= 0.6 is 0 Å². The molecule has 7 atom stereocenters. The first-order valence-electron chi connectivity index (χ1n) is 16.1. The molecule has 218 valence electrons. The first-order valence-corrected chi connectivity index (χ1v) is 16.1. The molecule has 0 bridgehead atoms. The van der Waals surface area contributed by atoms with E-state index in [0.29, 0.717) is 23.7 Å². The number of carbonyl (C=O) groups is 1. The number of nitrogens with one attached hydrogen (secondary N) is 2. The predicted molar refractivity (Wildman–Crippen MR) is 160 cm³/mol. The number of carbonyl (C=O) groups excluding carboxylic acids is 1. The van der Waals surface area contributed by atoms with E-state index in [0.717, 1.165) is 75.7 Å². The highest BCUT2D eigenvalue weighted by Crippen LogP contribution is 2.45. The fourth-order valence-corrected chi connectivity index (χ4v) is 8.31. The topological polar surface area (TPSA) is 85.5 Å². The van der Waals surface area contributed by atoms with E-state index in [1.807, 2.05) is 13.8 Å². The standard InChI is InChI=1S/C30H53N5O.C2H6/c1-5-8-26-21(6-2)9-7-10-24(26)19-35-27-18-23(29(31)32)12-11-22(27)17-28(35)30(36)33-25-13-15-34(16-14-25)20(3)4;1-2/h21-28H,3,5-19H2,1-2,4H3,(H3,31,32)(H,33,36);1-2H3. The van der Waals surface area contributed by atoms with E-state index in [2.05, 4.69) is 42.5 Å².